The molecule has 60 valence electrons. The summed E-state index contributed by atoms with van der Waals surface area (Å²) in [6.45, 7) is -0.500. The van der Waals surface area contributed by atoms with Gasteiger partial charge in [-0.2, -0.15) is 0 Å². The van der Waals surface area contributed by atoms with E-state index in [9.17, 15) is 0 Å². The first kappa shape index (κ1) is 29.2. The zero-order valence-electron chi connectivity index (χ0n) is 6.59. The van der Waals surface area contributed by atoms with Crippen LogP contribution in [-0.2, 0) is 9.59 Å². The number of carbonyl (C=O) groups excluding carboxylic acids is 1. The Morgan fingerprint density at radius 3 is 1.00 bits per heavy atom. The normalized spacial score (nSPS) is 4.00. The summed E-state index contributed by atoms with van der Waals surface area (Å²) in [6.07, 6.45) is -2.33. The molecule has 0 bridgehead atoms. The molecule has 0 fully saturated rings. The Kier molecular flexibility index (Phi) is 95.3. The minimum Gasteiger partial charge on any atom is -0.652 e. The summed E-state index contributed by atoms with van der Waals surface area (Å²) in [7, 11) is 0. The van der Waals surface area contributed by atoms with E-state index >= 15 is 0 Å². The van der Waals surface area contributed by atoms with Gasteiger partial charge < -0.3 is 25.2 Å². The van der Waals surface area contributed by atoms with E-state index < -0.39 is 6.16 Å². The van der Waals surface area contributed by atoms with Crippen LogP contribution in [0.3, 0.4) is 0 Å². The summed E-state index contributed by atoms with van der Waals surface area (Å²) in [5, 5.41) is 30.4. The molecule has 0 unspecified atom stereocenters. The zero-order valence-corrected chi connectivity index (χ0v) is 12.8. The fourth-order valence-corrected chi connectivity index (χ4v) is 0. The minimum absolute atomic E-state index is 0. The van der Waals surface area contributed by atoms with E-state index in [1.165, 1.54) is 0 Å². The largest absolute Gasteiger partial charge is 1.00 e. The van der Waals surface area contributed by atoms with Gasteiger partial charge in [0, 0.05) is 0 Å². The molecule has 0 aliphatic heterocycles. The van der Waals surface area contributed by atoms with Crippen molar-refractivity contribution in [1.82, 2.24) is 0 Å². The van der Waals surface area contributed by atoms with Gasteiger partial charge in [-0.1, -0.05) is 0 Å². The van der Waals surface area contributed by atoms with Gasteiger partial charge in [-0.05, 0) is 6.16 Å². The SMILES string of the molecule is O=C([O-])[O-].O=CO.O=CO.[K+].[K+]. The standard InChI is InChI=1S/CH2O3.2CH2O2.2K/c2-1(3)4;2*2-1-3;;/h(H2,2,3,4);2*1H,(H,2,3);;/q;;;2*+1/p-2. The molecule has 0 saturated heterocycles. The fraction of sp³-hybridized carbons (Fsp3) is 0. The monoisotopic (exact) mass is 230 g/mol. The van der Waals surface area contributed by atoms with Gasteiger partial charge in [-0.25, -0.2) is 0 Å². The predicted molar refractivity (Wildman–Crippen MR) is 22.8 cm³/mol. The van der Waals surface area contributed by atoms with Crippen molar-refractivity contribution in [3.05, 3.63) is 0 Å². The van der Waals surface area contributed by atoms with E-state index in [1.807, 2.05) is 0 Å². The zero-order chi connectivity index (χ0) is 8.99. The van der Waals surface area contributed by atoms with Crippen LogP contribution in [0.15, 0.2) is 0 Å². The second-order valence-electron chi connectivity index (χ2n) is 0.461. The Labute approximate surface area is 153 Å². The molecule has 12 heavy (non-hydrogen) atoms. The molecule has 0 aromatic heterocycles. The number of hydrogen-bond acceptors (Lipinski definition) is 5. The molecule has 0 atom stereocenters. The van der Waals surface area contributed by atoms with E-state index in [0.29, 0.717) is 0 Å². The van der Waals surface area contributed by atoms with Crippen molar-refractivity contribution in [2.45, 2.75) is 0 Å². The van der Waals surface area contributed by atoms with Gasteiger partial charge in [0.05, 0.1) is 0 Å². The van der Waals surface area contributed by atoms with E-state index in [-0.39, 0.29) is 116 Å². The molecule has 0 aromatic carbocycles. The number of hydrogen-bond donors (Lipinski definition) is 2. The molecule has 0 aliphatic carbocycles. The molecule has 7 nitrogen and oxygen atoms in total. The van der Waals surface area contributed by atoms with Gasteiger partial charge in [0.15, 0.2) is 0 Å². The van der Waals surface area contributed by atoms with Crippen LogP contribution in [0.4, 0.5) is 4.79 Å². The summed E-state index contributed by atoms with van der Waals surface area (Å²) < 4.78 is 0. The maximum absolute atomic E-state index is 8.36. The van der Waals surface area contributed by atoms with Gasteiger partial charge in [0.1, 0.15) is 0 Å². The molecular formula is C3H4K2O7. The van der Waals surface area contributed by atoms with Crippen molar-refractivity contribution in [1.29, 1.82) is 0 Å². The van der Waals surface area contributed by atoms with Crippen molar-refractivity contribution < 1.29 is 138 Å². The average molecular weight is 230 g/mol. The van der Waals surface area contributed by atoms with Crippen LogP contribution in [0.1, 0.15) is 0 Å². The second kappa shape index (κ2) is 39.2. The molecule has 9 heteroatoms. The number of carbonyl (C=O) groups is 3. The first-order valence-corrected chi connectivity index (χ1v) is 1.60. The van der Waals surface area contributed by atoms with Crippen LogP contribution in [0.5, 0.6) is 0 Å². The first-order valence-electron chi connectivity index (χ1n) is 1.60. The third kappa shape index (κ3) is 574. The molecule has 0 aliphatic rings. The topological polar surface area (TPSA) is 138 Å². The van der Waals surface area contributed by atoms with E-state index in [2.05, 4.69) is 0 Å². The molecule has 0 heterocycles. The Balaban J connectivity index is -0.0000000191. The van der Waals surface area contributed by atoms with Crippen molar-refractivity contribution in [2.24, 2.45) is 0 Å². The predicted octanol–water partition coefficient (Wildman–Crippen LogP) is -9.04. The quantitative estimate of drug-likeness (QED) is 0.311. The van der Waals surface area contributed by atoms with Crippen LogP contribution < -0.4 is 113 Å². The van der Waals surface area contributed by atoms with Gasteiger partial charge in [-0.3, -0.25) is 9.59 Å². The summed E-state index contributed by atoms with van der Waals surface area (Å²) in [4.78, 5) is 25.1. The van der Waals surface area contributed by atoms with Gasteiger partial charge in [0.25, 0.3) is 12.9 Å². The maximum atomic E-state index is 8.36. The van der Waals surface area contributed by atoms with Crippen molar-refractivity contribution >= 4 is 19.1 Å². The van der Waals surface area contributed by atoms with E-state index in [0.717, 1.165) is 0 Å². The Morgan fingerprint density at radius 2 is 1.00 bits per heavy atom. The van der Waals surface area contributed by atoms with Crippen LogP contribution in [0, 0.1) is 0 Å². The van der Waals surface area contributed by atoms with Gasteiger partial charge >= 0.3 is 103 Å². The average Bonchev–Trinajstić information content (AvgIpc) is 1.65. The van der Waals surface area contributed by atoms with Crippen molar-refractivity contribution in [3.63, 3.8) is 0 Å². The third-order valence-electron chi connectivity index (χ3n) is 0. The summed E-state index contributed by atoms with van der Waals surface area (Å²) in [6, 6.07) is 0. The summed E-state index contributed by atoms with van der Waals surface area (Å²) in [5.74, 6) is 0. The van der Waals surface area contributed by atoms with Gasteiger partial charge in [0.2, 0.25) is 0 Å². The van der Waals surface area contributed by atoms with Crippen LogP contribution in [0.2, 0.25) is 0 Å². The molecule has 2 N–H and O–H groups in total. The second-order valence-corrected chi connectivity index (χ2v) is 0.461. The van der Waals surface area contributed by atoms with E-state index in [4.69, 9.17) is 34.8 Å². The Hall–Kier alpha value is 1.48. The van der Waals surface area contributed by atoms with E-state index in [1.54, 1.807) is 0 Å². The third-order valence-corrected chi connectivity index (χ3v) is 0. The number of rotatable bonds is 0. The summed E-state index contributed by atoms with van der Waals surface area (Å²) >= 11 is 0. The van der Waals surface area contributed by atoms with Crippen molar-refractivity contribution in [3.8, 4) is 0 Å². The molecule has 0 amide bonds. The van der Waals surface area contributed by atoms with Crippen molar-refractivity contribution in [2.75, 3.05) is 0 Å². The van der Waals surface area contributed by atoms with Crippen LogP contribution in [0.25, 0.3) is 0 Å². The van der Waals surface area contributed by atoms with Crippen LogP contribution >= 0.6 is 0 Å². The molecule has 0 radical (unpaired) electrons. The smallest absolute Gasteiger partial charge is 0.652 e. The fourth-order valence-electron chi connectivity index (χ4n) is 0. The van der Waals surface area contributed by atoms with Gasteiger partial charge in [-0.15, -0.1) is 0 Å². The molecule has 0 aromatic rings. The number of carboxylic acid groups (broad SMARTS) is 4. The first-order chi connectivity index (χ1) is 4.56. The minimum atomic E-state index is -2.33. The maximum Gasteiger partial charge on any atom is 1.00 e. The molecule has 0 saturated carbocycles. The molecular weight excluding hydrogens is 226 g/mol. The Morgan fingerprint density at radius 1 is 1.00 bits per heavy atom. The summed E-state index contributed by atoms with van der Waals surface area (Å²) in [5.41, 5.74) is 0. The van der Waals surface area contributed by atoms with Crippen LogP contribution in [-0.4, -0.2) is 29.3 Å². The Bertz CT molecular complexity index is 84.7. The molecule has 0 rings (SSSR count). The molecule has 0 spiro atoms.